The van der Waals surface area contributed by atoms with Gasteiger partial charge in [0, 0.05) is 62.3 Å². The number of nitrogens with one attached hydrogen (secondary N) is 1. The highest BCUT2D eigenvalue weighted by atomic mass is 32.2. The van der Waals surface area contributed by atoms with Crippen molar-refractivity contribution in [3.05, 3.63) is 40.3 Å². The van der Waals surface area contributed by atoms with E-state index < -0.39 is 20.0 Å². The van der Waals surface area contributed by atoms with Crippen LogP contribution in [0.4, 0.5) is 5.95 Å². The van der Waals surface area contributed by atoms with Gasteiger partial charge in [-0.05, 0) is 38.2 Å². The molecule has 14 nitrogen and oxygen atoms in total. The summed E-state index contributed by atoms with van der Waals surface area (Å²) in [6.45, 7) is 1.29. The van der Waals surface area contributed by atoms with Gasteiger partial charge in [-0.1, -0.05) is 0 Å². The van der Waals surface area contributed by atoms with Crippen LogP contribution in [0.2, 0.25) is 0 Å². The van der Waals surface area contributed by atoms with Crippen molar-refractivity contribution in [2.24, 2.45) is 0 Å². The molecule has 1 saturated heterocycles. The number of aromatic nitrogens is 6. The van der Waals surface area contributed by atoms with E-state index in [-0.39, 0.29) is 36.2 Å². The van der Waals surface area contributed by atoms with Gasteiger partial charge in [0.1, 0.15) is 12.0 Å². The lowest BCUT2D eigenvalue weighted by Crippen LogP contribution is -2.42. The average molecular weight is 595 g/mol. The van der Waals surface area contributed by atoms with E-state index in [1.165, 1.54) is 21.5 Å². The molecule has 1 aliphatic carbocycles. The van der Waals surface area contributed by atoms with E-state index in [1.807, 2.05) is 0 Å². The lowest BCUT2D eigenvalue weighted by Gasteiger charge is -2.30. The first-order valence-corrected chi connectivity index (χ1v) is 16.8. The number of ether oxygens (including phenoxy) is 1. The number of anilines is 1. The van der Waals surface area contributed by atoms with Crippen LogP contribution in [0.1, 0.15) is 49.4 Å². The molecular weight excluding hydrogens is 560 g/mol. The molecule has 0 atom stereocenters. The molecule has 0 unspecified atom stereocenters. The third-order valence-corrected chi connectivity index (χ3v) is 10.1. The Balaban J connectivity index is 1.35. The van der Waals surface area contributed by atoms with Crippen molar-refractivity contribution in [1.29, 1.82) is 0 Å². The van der Waals surface area contributed by atoms with Crippen LogP contribution in [-0.2, 0) is 37.7 Å². The van der Waals surface area contributed by atoms with Gasteiger partial charge in [-0.3, -0.25) is 9.36 Å². The molecule has 0 aromatic carbocycles. The monoisotopic (exact) mass is 594 g/mol. The van der Waals surface area contributed by atoms with Crippen molar-refractivity contribution in [1.82, 2.24) is 33.0 Å². The van der Waals surface area contributed by atoms with Gasteiger partial charge in [0.25, 0.3) is 15.6 Å². The zero-order valence-corrected chi connectivity index (χ0v) is 24.2. The summed E-state index contributed by atoms with van der Waals surface area (Å²) in [7, 11) is -5.41. The molecule has 16 heteroatoms. The quantitative estimate of drug-likeness (QED) is 0.310. The minimum atomic E-state index is -3.73. The predicted octanol–water partition coefficient (Wildman–Crippen LogP) is 0.553. The number of hydrogen-bond donors (Lipinski definition) is 1. The Bertz CT molecular complexity index is 1640. The molecule has 3 aromatic rings. The number of rotatable bonds is 12. The summed E-state index contributed by atoms with van der Waals surface area (Å²) in [6.07, 6.45) is 7.77. The Labute approximate surface area is 232 Å². The van der Waals surface area contributed by atoms with E-state index in [1.54, 1.807) is 19.4 Å². The van der Waals surface area contributed by atoms with Crippen molar-refractivity contribution >= 4 is 37.0 Å². The van der Waals surface area contributed by atoms with Gasteiger partial charge in [0.2, 0.25) is 16.0 Å². The van der Waals surface area contributed by atoms with Crippen molar-refractivity contribution in [3.63, 3.8) is 0 Å². The summed E-state index contributed by atoms with van der Waals surface area (Å²) < 4.78 is 58.4. The van der Waals surface area contributed by atoms with Crippen molar-refractivity contribution in [3.8, 4) is 0 Å². The topological polar surface area (TPSA) is 171 Å². The molecular formula is C24H34N8O6S2. The fourth-order valence-corrected chi connectivity index (χ4v) is 6.78. The Hall–Kier alpha value is -2.95. The number of fused-ring (bicyclic) bond motifs is 1. The minimum Gasteiger partial charge on any atom is -0.384 e. The molecule has 4 heterocycles. The van der Waals surface area contributed by atoms with E-state index in [0.717, 1.165) is 16.9 Å². The van der Waals surface area contributed by atoms with Crippen LogP contribution >= 0.6 is 0 Å². The van der Waals surface area contributed by atoms with Crippen molar-refractivity contribution in [2.45, 2.75) is 57.0 Å². The number of piperidine rings is 1. The first-order chi connectivity index (χ1) is 19.0. The Morgan fingerprint density at radius 2 is 1.85 bits per heavy atom. The second-order valence-corrected chi connectivity index (χ2v) is 14.3. The van der Waals surface area contributed by atoms with E-state index in [9.17, 15) is 21.6 Å². The first kappa shape index (κ1) is 28.6. The summed E-state index contributed by atoms with van der Waals surface area (Å²) >= 11 is 0. The van der Waals surface area contributed by atoms with Crippen LogP contribution in [0.5, 0.6) is 0 Å². The largest absolute Gasteiger partial charge is 0.384 e. The Morgan fingerprint density at radius 3 is 2.52 bits per heavy atom. The summed E-state index contributed by atoms with van der Waals surface area (Å²) in [5.41, 5.74) is 0.663. The van der Waals surface area contributed by atoms with Gasteiger partial charge in [-0.15, -0.1) is 9.19 Å². The highest BCUT2D eigenvalue weighted by Gasteiger charge is 2.29. The molecule has 1 N–H and O–H groups in total. The number of sulfonamides is 1. The van der Waals surface area contributed by atoms with Gasteiger partial charge >= 0.3 is 0 Å². The van der Waals surface area contributed by atoms with E-state index in [0.29, 0.717) is 67.3 Å². The molecule has 2 aliphatic rings. The first-order valence-electron chi connectivity index (χ1n) is 13.3. The standard InChI is InChI=1S/C24H34N8O6S2/c1-38-12-8-18-14-19-15-25-24(27-20-6-10-30(11-7-20)39(2,34)35)28-22(19)31(23(18)33)9-3-13-40(36,37)32-16-26-21(29-32)17-4-5-17/h14-17,20H,3-13H2,1-2H3,(H,25,27,28). The molecule has 3 aromatic heterocycles. The van der Waals surface area contributed by atoms with Gasteiger partial charge in [-0.2, -0.15) is 4.98 Å². The van der Waals surface area contributed by atoms with Crippen LogP contribution in [0.3, 0.4) is 0 Å². The molecule has 5 rings (SSSR count). The fraction of sp³-hybridized carbons (Fsp3) is 0.625. The normalized spacial score (nSPS) is 17.4. The maximum Gasteiger partial charge on any atom is 0.255 e. The van der Waals surface area contributed by atoms with Crippen LogP contribution in [0.25, 0.3) is 11.0 Å². The SMILES string of the molecule is COCCc1cc2cnc(NC3CCN(S(C)(=O)=O)CC3)nc2n(CCCS(=O)(=O)n2cnc(C3CC3)n2)c1=O. The fourth-order valence-electron chi connectivity index (χ4n) is 4.82. The van der Waals surface area contributed by atoms with Crippen LogP contribution in [-0.4, -0.2) is 94.7 Å². The predicted molar refractivity (Wildman–Crippen MR) is 148 cm³/mol. The number of pyridine rings is 1. The van der Waals surface area contributed by atoms with Crippen molar-refractivity contribution < 1.29 is 21.6 Å². The summed E-state index contributed by atoms with van der Waals surface area (Å²) in [4.78, 5) is 26.6. The zero-order valence-electron chi connectivity index (χ0n) is 22.6. The molecule has 40 heavy (non-hydrogen) atoms. The zero-order chi connectivity index (χ0) is 28.5. The molecule has 1 aliphatic heterocycles. The van der Waals surface area contributed by atoms with Crippen LogP contribution in [0, 0.1) is 0 Å². The lowest BCUT2D eigenvalue weighted by atomic mass is 10.1. The highest BCUT2D eigenvalue weighted by molar-refractivity contribution is 7.89. The number of nitrogens with zero attached hydrogens (tertiary/aromatic N) is 7. The number of hydrogen-bond acceptors (Lipinski definition) is 11. The molecule has 0 radical (unpaired) electrons. The Morgan fingerprint density at radius 1 is 1.10 bits per heavy atom. The molecule has 0 amide bonds. The third-order valence-electron chi connectivity index (χ3n) is 7.23. The minimum absolute atomic E-state index is 0.0232. The summed E-state index contributed by atoms with van der Waals surface area (Å²) in [5.74, 6) is 0.901. The molecule has 218 valence electrons. The lowest BCUT2D eigenvalue weighted by molar-refractivity contribution is 0.202. The van der Waals surface area contributed by atoms with Gasteiger partial charge in [-0.25, -0.2) is 31.1 Å². The molecule has 0 bridgehead atoms. The smallest absolute Gasteiger partial charge is 0.255 e. The highest BCUT2D eigenvalue weighted by Crippen LogP contribution is 2.37. The van der Waals surface area contributed by atoms with E-state index in [2.05, 4.69) is 25.4 Å². The number of methoxy groups -OCH3 is 1. The molecule has 0 spiro atoms. The Kier molecular flexibility index (Phi) is 8.22. The third kappa shape index (κ3) is 6.50. The number of aryl methyl sites for hydroxylation is 1. The second kappa shape index (κ2) is 11.5. The van der Waals surface area contributed by atoms with Crippen LogP contribution < -0.4 is 10.9 Å². The maximum absolute atomic E-state index is 13.4. The molecule has 2 fully saturated rings. The van der Waals surface area contributed by atoms with Crippen LogP contribution in [0.15, 0.2) is 23.4 Å². The van der Waals surface area contributed by atoms with Gasteiger partial charge in [0.05, 0.1) is 18.6 Å². The van der Waals surface area contributed by atoms with Gasteiger partial charge in [0.15, 0.2) is 5.82 Å². The molecule has 1 saturated carbocycles. The average Bonchev–Trinajstić information content (AvgIpc) is 3.64. The summed E-state index contributed by atoms with van der Waals surface area (Å²) in [5, 5.41) is 8.05. The summed E-state index contributed by atoms with van der Waals surface area (Å²) in [6, 6.07) is 1.72. The van der Waals surface area contributed by atoms with E-state index in [4.69, 9.17) is 4.74 Å². The van der Waals surface area contributed by atoms with Gasteiger partial charge < -0.3 is 10.1 Å². The second-order valence-electron chi connectivity index (χ2n) is 10.3. The van der Waals surface area contributed by atoms with Crippen molar-refractivity contribution in [2.75, 3.05) is 44.1 Å². The van der Waals surface area contributed by atoms with E-state index >= 15 is 0 Å². The maximum atomic E-state index is 13.4.